The predicted molar refractivity (Wildman–Crippen MR) is 48.3 cm³/mol. The lowest BCUT2D eigenvalue weighted by Crippen LogP contribution is -2.18. The van der Waals surface area contributed by atoms with Crippen LogP contribution < -0.4 is 0 Å². The standard InChI is InChI=1S/C8H13NO5/c1-14-8(11)5-3-2-4-7(10)6-9(12)13/h3,5,7,10H,2,4,6H2,1H3/b5-3+. The molecule has 80 valence electrons. The highest BCUT2D eigenvalue weighted by Gasteiger charge is 2.09. The molecule has 0 aromatic heterocycles. The van der Waals surface area contributed by atoms with Gasteiger partial charge in [0.05, 0.1) is 7.11 Å². The van der Waals surface area contributed by atoms with Gasteiger partial charge in [-0.15, -0.1) is 0 Å². The van der Waals surface area contributed by atoms with Gasteiger partial charge in [-0.2, -0.15) is 0 Å². The third-order valence-corrected chi connectivity index (χ3v) is 1.48. The summed E-state index contributed by atoms with van der Waals surface area (Å²) in [5, 5.41) is 19.0. The number of nitro groups is 1. The number of methoxy groups -OCH3 is 1. The van der Waals surface area contributed by atoms with Crippen molar-refractivity contribution in [1.82, 2.24) is 0 Å². The van der Waals surface area contributed by atoms with Crippen LogP contribution in [-0.2, 0) is 9.53 Å². The van der Waals surface area contributed by atoms with Crippen molar-refractivity contribution in [3.8, 4) is 0 Å². The van der Waals surface area contributed by atoms with Crippen molar-refractivity contribution < 1.29 is 19.6 Å². The van der Waals surface area contributed by atoms with Crippen LogP contribution in [0.1, 0.15) is 12.8 Å². The molecule has 0 fully saturated rings. The Morgan fingerprint density at radius 2 is 2.36 bits per heavy atom. The first-order chi connectivity index (χ1) is 6.56. The number of aliphatic hydroxyl groups is 1. The molecule has 0 aliphatic carbocycles. The van der Waals surface area contributed by atoms with Crippen molar-refractivity contribution >= 4 is 5.97 Å². The monoisotopic (exact) mass is 203 g/mol. The van der Waals surface area contributed by atoms with Gasteiger partial charge in [0, 0.05) is 11.0 Å². The summed E-state index contributed by atoms with van der Waals surface area (Å²) >= 11 is 0. The van der Waals surface area contributed by atoms with Crippen LogP contribution >= 0.6 is 0 Å². The summed E-state index contributed by atoms with van der Waals surface area (Å²) < 4.78 is 4.33. The number of esters is 1. The molecular weight excluding hydrogens is 190 g/mol. The van der Waals surface area contributed by atoms with Gasteiger partial charge in [0.15, 0.2) is 0 Å². The molecule has 6 heteroatoms. The number of carbonyl (C=O) groups excluding carboxylic acids is 1. The molecule has 0 bridgehead atoms. The molecule has 0 spiro atoms. The van der Waals surface area contributed by atoms with Crippen molar-refractivity contribution in [1.29, 1.82) is 0 Å². The van der Waals surface area contributed by atoms with Gasteiger partial charge in [0.1, 0.15) is 6.10 Å². The summed E-state index contributed by atoms with van der Waals surface area (Å²) in [6, 6.07) is 0. The van der Waals surface area contributed by atoms with Crippen molar-refractivity contribution in [2.24, 2.45) is 0 Å². The fourth-order valence-electron chi connectivity index (χ4n) is 0.800. The zero-order valence-corrected chi connectivity index (χ0v) is 7.88. The zero-order chi connectivity index (χ0) is 11.0. The van der Waals surface area contributed by atoms with Gasteiger partial charge >= 0.3 is 5.97 Å². The Morgan fingerprint density at radius 3 is 2.86 bits per heavy atom. The van der Waals surface area contributed by atoms with Gasteiger partial charge < -0.3 is 9.84 Å². The number of allylic oxidation sites excluding steroid dienone is 1. The first kappa shape index (κ1) is 12.6. The van der Waals surface area contributed by atoms with Crippen LogP contribution in [0.25, 0.3) is 0 Å². The maximum atomic E-state index is 10.6. The maximum Gasteiger partial charge on any atom is 0.330 e. The lowest BCUT2D eigenvalue weighted by molar-refractivity contribution is -0.490. The summed E-state index contributed by atoms with van der Waals surface area (Å²) in [6.45, 7) is -0.466. The van der Waals surface area contributed by atoms with E-state index in [4.69, 9.17) is 5.11 Å². The van der Waals surface area contributed by atoms with E-state index < -0.39 is 23.5 Å². The Morgan fingerprint density at radius 1 is 1.71 bits per heavy atom. The van der Waals surface area contributed by atoms with Gasteiger partial charge in [-0.1, -0.05) is 6.08 Å². The zero-order valence-electron chi connectivity index (χ0n) is 7.88. The van der Waals surface area contributed by atoms with E-state index in [1.54, 1.807) is 0 Å². The van der Waals surface area contributed by atoms with E-state index in [0.29, 0.717) is 6.42 Å². The molecule has 0 aliphatic rings. The van der Waals surface area contributed by atoms with Crippen molar-refractivity contribution in [3.05, 3.63) is 22.3 Å². The van der Waals surface area contributed by atoms with E-state index in [0.717, 1.165) is 0 Å². The molecule has 0 aromatic carbocycles. The Kier molecular flexibility index (Phi) is 6.30. The largest absolute Gasteiger partial charge is 0.466 e. The highest BCUT2D eigenvalue weighted by molar-refractivity contribution is 5.81. The number of ether oxygens (including phenoxy) is 1. The molecule has 0 radical (unpaired) electrons. The number of hydrogen-bond donors (Lipinski definition) is 1. The summed E-state index contributed by atoms with van der Waals surface area (Å²) in [5.74, 6) is -0.478. The molecule has 0 saturated heterocycles. The minimum atomic E-state index is -0.965. The van der Waals surface area contributed by atoms with Gasteiger partial charge in [-0.3, -0.25) is 10.1 Å². The molecule has 14 heavy (non-hydrogen) atoms. The van der Waals surface area contributed by atoms with Crippen LogP contribution in [0.4, 0.5) is 0 Å². The molecule has 0 aromatic rings. The Hall–Kier alpha value is -1.43. The number of carbonyl (C=O) groups is 1. The third kappa shape index (κ3) is 7.23. The first-order valence-electron chi connectivity index (χ1n) is 4.10. The summed E-state index contributed by atoms with van der Waals surface area (Å²) in [6.07, 6.45) is 2.43. The molecule has 1 atom stereocenters. The summed E-state index contributed by atoms with van der Waals surface area (Å²) in [4.78, 5) is 19.9. The maximum absolute atomic E-state index is 10.6. The van der Waals surface area contributed by atoms with E-state index in [9.17, 15) is 14.9 Å². The van der Waals surface area contributed by atoms with Gasteiger partial charge in [-0.05, 0) is 12.8 Å². The van der Waals surface area contributed by atoms with Crippen molar-refractivity contribution in [2.45, 2.75) is 18.9 Å². The van der Waals surface area contributed by atoms with E-state index in [1.807, 2.05) is 0 Å². The minimum Gasteiger partial charge on any atom is -0.466 e. The van der Waals surface area contributed by atoms with Crippen LogP contribution in [0.5, 0.6) is 0 Å². The second kappa shape index (κ2) is 7.02. The Balaban J connectivity index is 3.58. The van der Waals surface area contributed by atoms with E-state index in [1.165, 1.54) is 19.3 Å². The van der Waals surface area contributed by atoms with E-state index in [2.05, 4.69) is 4.74 Å². The topological polar surface area (TPSA) is 89.7 Å². The molecule has 6 nitrogen and oxygen atoms in total. The average molecular weight is 203 g/mol. The molecular formula is C8H13NO5. The first-order valence-corrected chi connectivity index (χ1v) is 4.10. The lowest BCUT2D eigenvalue weighted by atomic mass is 10.2. The summed E-state index contributed by atoms with van der Waals surface area (Å²) in [7, 11) is 1.26. The molecule has 1 N–H and O–H groups in total. The van der Waals surface area contributed by atoms with Crippen molar-refractivity contribution in [2.75, 3.05) is 13.7 Å². The number of nitrogens with zero attached hydrogens (tertiary/aromatic N) is 1. The Labute approximate surface area is 81.3 Å². The average Bonchev–Trinajstić information content (AvgIpc) is 2.10. The SMILES string of the molecule is COC(=O)/C=C/CCC(O)C[N+](=O)[O-]. The highest BCUT2D eigenvalue weighted by atomic mass is 16.6. The van der Waals surface area contributed by atoms with Gasteiger partial charge in [0.2, 0.25) is 6.54 Å². The minimum absolute atomic E-state index is 0.258. The van der Waals surface area contributed by atoms with Gasteiger partial charge in [0.25, 0.3) is 0 Å². The highest BCUT2D eigenvalue weighted by Crippen LogP contribution is 1.98. The molecule has 1 unspecified atom stereocenters. The second-order valence-electron chi connectivity index (χ2n) is 2.67. The smallest absolute Gasteiger partial charge is 0.330 e. The molecule has 0 rings (SSSR count). The van der Waals surface area contributed by atoms with E-state index in [-0.39, 0.29) is 6.42 Å². The molecule has 0 aliphatic heterocycles. The summed E-state index contributed by atoms with van der Waals surface area (Å²) in [5.41, 5.74) is 0. The van der Waals surface area contributed by atoms with Crippen molar-refractivity contribution in [3.63, 3.8) is 0 Å². The van der Waals surface area contributed by atoms with Crippen LogP contribution in [0.2, 0.25) is 0 Å². The van der Waals surface area contributed by atoms with Gasteiger partial charge in [-0.25, -0.2) is 4.79 Å². The fourth-order valence-corrected chi connectivity index (χ4v) is 0.800. The number of hydrogen-bond acceptors (Lipinski definition) is 5. The number of aliphatic hydroxyl groups excluding tert-OH is 1. The van der Waals surface area contributed by atoms with Crippen LogP contribution in [0.15, 0.2) is 12.2 Å². The fraction of sp³-hybridized carbons (Fsp3) is 0.625. The molecule has 0 amide bonds. The van der Waals surface area contributed by atoms with E-state index >= 15 is 0 Å². The molecule has 0 heterocycles. The molecule has 0 saturated carbocycles. The third-order valence-electron chi connectivity index (χ3n) is 1.48. The second-order valence-corrected chi connectivity index (χ2v) is 2.67. The lowest BCUT2D eigenvalue weighted by Gasteiger charge is -2.01. The normalized spacial score (nSPS) is 12.7. The number of rotatable bonds is 6. The van der Waals surface area contributed by atoms with Crippen LogP contribution in [-0.4, -0.2) is 35.8 Å². The quantitative estimate of drug-likeness (QED) is 0.287. The van der Waals surface area contributed by atoms with Crippen LogP contribution in [0.3, 0.4) is 0 Å². The van der Waals surface area contributed by atoms with Crippen LogP contribution in [0, 0.1) is 10.1 Å². The Bertz CT molecular complexity index is 226. The predicted octanol–water partition coefficient (Wildman–Crippen LogP) is 0.133.